The van der Waals surface area contributed by atoms with E-state index in [-0.39, 0.29) is 6.04 Å². The van der Waals surface area contributed by atoms with E-state index in [0.29, 0.717) is 18.9 Å². The molecule has 0 aliphatic carbocycles. The molecule has 3 rings (SSSR count). The van der Waals surface area contributed by atoms with Gasteiger partial charge >= 0.3 is 0 Å². The molecule has 0 saturated heterocycles. The van der Waals surface area contributed by atoms with E-state index in [1.165, 1.54) is 0 Å². The third-order valence-corrected chi connectivity index (χ3v) is 3.70. The first kappa shape index (κ1) is 14.5. The minimum atomic E-state index is -0.470. The predicted molar refractivity (Wildman–Crippen MR) is 84.8 cm³/mol. The van der Waals surface area contributed by atoms with Crippen molar-refractivity contribution < 1.29 is 9.84 Å². The van der Waals surface area contributed by atoms with Crippen molar-refractivity contribution in [2.45, 2.75) is 25.5 Å². The molecule has 2 atom stereocenters. The smallest absolute Gasteiger partial charge is 0.213 e. The molecule has 22 heavy (non-hydrogen) atoms. The summed E-state index contributed by atoms with van der Waals surface area (Å²) < 4.78 is 7.64. The highest BCUT2D eigenvalue weighted by molar-refractivity contribution is 5.78. The summed E-state index contributed by atoms with van der Waals surface area (Å²) in [6.45, 7) is 2.26. The number of hydrogen-bond donors (Lipinski definition) is 1. The Labute approximate surface area is 129 Å². The molecule has 2 heterocycles. The molecule has 0 spiro atoms. The van der Waals surface area contributed by atoms with Crippen molar-refractivity contribution in [3.8, 4) is 5.88 Å². The van der Waals surface area contributed by atoms with Gasteiger partial charge in [0.1, 0.15) is 0 Å². The number of hydrogen-bond acceptors (Lipinski definition) is 4. The molecular formula is C17H19N3O2. The third-order valence-electron chi connectivity index (χ3n) is 3.70. The Morgan fingerprint density at radius 2 is 2.09 bits per heavy atom. The van der Waals surface area contributed by atoms with Crippen molar-refractivity contribution in [3.63, 3.8) is 0 Å². The Bertz CT molecular complexity index is 726. The lowest BCUT2D eigenvalue weighted by Gasteiger charge is -2.21. The highest BCUT2D eigenvalue weighted by atomic mass is 16.5. The van der Waals surface area contributed by atoms with Crippen LogP contribution in [0.1, 0.15) is 19.4 Å². The van der Waals surface area contributed by atoms with Gasteiger partial charge in [-0.25, -0.2) is 9.97 Å². The average Bonchev–Trinajstić information content (AvgIpc) is 3.05. The minimum Gasteiger partial charge on any atom is -0.478 e. The van der Waals surface area contributed by atoms with E-state index in [2.05, 4.69) is 9.97 Å². The lowest BCUT2D eigenvalue weighted by molar-refractivity contribution is 0.112. The monoisotopic (exact) mass is 297 g/mol. The van der Waals surface area contributed by atoms with E-state index in [0.717, 1.165) is 10.9 Å². The number of fused-ring (bicyclic) bond motifs is 1. The van der Waals surface area contributed by atoms with E-state index in [1.54, 1.807) is 19.4 Å². The van der Waals surface area contributed by atoms with Crippen LogP contribution in [-0.2, 0) is 0 Å². The maximum Gasteiger partial charge on any atom is 0.213 e. The molecule has 0 aliphatic rings. The standard InChI is InChI=1S/C17H19N3O2/c1-13(21)16(20-10-9-18-12-20)8-11-22-17-7-6-14-4-2-3-5-15(14)19-17/h2-7,9-10,12-13,16,21H,8,11H2,1H3/t13-,16+/m0/s1. The maximum absolute atomic E-state index is 9.90. The summed E-state index contributed by atoms with van der Waals surface area (Å²) in [4.78, 5) is 8.50. The number of rotatable bonds is 6. The number of ether oxygens (including phenoxy) is 1. The zero-order valence-corrected chi connectivity index (χ0v) is 12.5. The van der Waals surface area contributed by atoms with Crippen molar-refractivity contribution in [2.75, 3.05) is 6.61 Å². The number of imidazole rings is 1. The zero-order chi connectivity index (χ0) is 15.4. The number of pyridine rings is 1. The van der Waals surface area contributed by atoms with Crippen LogP contribution in [-0.4, -0.2) is 32.4 Å². The fourth-order valence-corrected chi connectivity index (χ4v) is 2.52. The third kappa shape index (κ3) is 3.26. The fraction of sp³-hybridized carbons (Fsp3) is 0.294. The van der Waals surface area contributed by atoms with Crippen LogP contribution in [0.15, 0.2) is 55.1 Å². The van der Waals surface area contributed by atoms with Crippen LogP contribution >= 0.6 is 0 Å². The number of aromatic nitrogens is 3. The lowest BCUT2D eigenvalue weighted by atomic mass is 10.1. The van der Waals surface area contributed by atoms with Gasteiger partial charge in [0.15, 0.2) is 0 Å². The molecular weight excluding hydrogens is 278 g/mol. The largest absolute Gasteiger partial charge is 0.478 e. The molecule has 0 saturated carbocycles. The van der Waals surface area contributed by atoms with Crippen molar-refractivity contribution in [1.82, 2.24) is 14.5 Å². The number of para-hydroxylation sites is 1. The Hall–Kier alpha value is -2.40. The first-order valence-corrected chi connectivity index (χ1v) is 7.38. The van der Waals surface area contributed by atoms with Crippen molar-refractivity contribution in [1.29, 1.82) is 0 Å². The lowest BCUT2D eigenvalue weighted by Crippen LogP contribution is -2.22. The summed E-state index contributed by atoms with van der Waals surface area (Å²) >= 11 is 0. The van der Waals surface area contributed by atoms with Gasteiger partial charge in [0.25, 0.3) is 0 Å². The quantitative estimate of drug-likeness (QED) is 0.760. The SMILES string of the molecule is C[C@H](O)[C@@H](CCOc1ccc2ccccc2n1)n1ccnc1. The van der Waals surface area contributed by atoms with Crippen LogP contribution < -0.4 is 4.74 Å². The van der Waals surface area contributed by atoms with E-state index in [9.17, 15) is 5.11 Å². The molecule has 0 radical (unpaired) electrons. The molecule has 0 aliphatic heterocycles. The second kappa shape index (κ2) is 6.58. The second-order valence-corrected chi connectivity index (χ2v) is 5.30. The van der Waals surface area contributed by atoms with Gasteiger partial charge in [-0.1, -0.05) is 18.2 Å². The number of aliphatic hydroxyl groups excluding tert-OH is 1. The summed E-state index contributed by atoms with van der Waals surface area (Å²) in [5.41, 5.74) is 0.918. The summed E-state index contributed by atoms with van der Waals surface area (Å²) in [5, 5.41) is 11.0. The summed E-state index contributed by atoms with van der Waals surface area (Å²) in [7, 11) is 0. The minimum absolute atomic E-state index is 0.0528. The Kier molecular flexibility index (Phi) is 4.34. The highest BCUT2D eigenvalue weighted by Crippen LogP contribution is 2.19. The van der Waals surface area contributed by atoms with Gasteiger partial charge in [-0.3, -0.25) is 0 Å². The highest BCUT2D eigenvalue weighted by Gasteiger charge is 2.16. The van der Waals surface area contributed by atoms with Gasteiger partial charge in [0, 0.05) is 30.3 Å². The molecule has 2 aromatic heterocycles. The van der Waals surface area contributed by atoms with Crippen LogP contribution in [0.25, 0.3) is 10.9 Å². The van der Waals surface area contributed by atoms with Crippen molar-refractivity contribution in [3.05, 3.63) is 55.1 Å². The van der Waals surface area contributed by atoms with E-state index >= 15 is 0 Å². The van der Waals surface area contributed by atoms with Crippen LogP contribution in [0.5, 0.6) is 5.88 Å². The van der Waals surface area contributed by atoms with Crippen LogP contribution in [0.4, 0.5) is 0 Å². The van der Waals surface area contributed by atoms with Crippen LogP contribution in [0, 0.1) is 0 Å². The van der Waals surface area contributed by atoms with Crippen LogP contribution in [0.3, 0.4) is 0 Å². The van der Waals surface area contributed by atoms with Gasteiger partial charge in [0.2, 0.25) is 5.88 Å². The summed E-state index contributed by atoms with van der Waals surface area (Å²) in [6.07, 6.45) is 5.49. The van der Waals surface area contributed by atoms with Crippen molar-refractivity contribution >= 4 is 10.9 Å². The molecule has 0 bridgehead atoms. The van der Waals surface area contributed by atoms with Crippen molar-refractivity contribution in [2.24, 2.45) is 0 Å². The number of aliphatic hydroxyl groups is 1. The van der Waals surface area contributed by atoms with Gasteiger partial charge < -0.3 is 14.4 Å². The first-order valence-electron chi connectivity index (χ1n) is 7.38. The molecule has 0 unspecified atom stereocenters. The Morgan fingerprint density at radius 1 is 1.23 bits per heavy atom. The molecule has 1 N–H and O–H groups in total. The molecule has 1 aromatic carbocycles. The van der Waals surface area contributed by atoms with Gasteiger partial charge in [-0.15, -0.1) is 0 Å². The number of benzene rings is 1. The van der Waals surface area contributed by atoms with Gasteiger partial charge in [-0.05, 0) is 19.1 Å². The first-order chi connectivity index (χ1) is 10.7. The van der Waals surface area contributed by atoms with Crippen LogP contribution in [0.2, 0.25) is 0 Å². The zero-order valence-electron chi connectivity index (χ0n) is 12.5. The normalized spacial score (nSPS) is 13.9. The van der Waals surface area contributed by atoms with E-state index < -0.39 is 6.10 Å². The predicted octanol–water partition coefficient (Wildman–Crippen LogP) is 2.82. The maximum atomic E-state index is 9.90. The fourth-order valence-electron chi connectivity index (χ4n) is 2.52. The van der Waals surface area contributed by atoms with Gasteiger partial charge in [0.05, 0.1) is 30.6 Å². The molecule has 5 heteroatoms. The topological polar surface area (TPSA) is 60.2 Å². The summed E-state index contributed by atoms with van der Waals surface area (Å²) in [5.74, 6) is 0.605. The second-order valence-electron chi connectivity index (χ2n) is 5.30. The Balaban J connectivity index is 1.63. The molecule has 0 fully saturated rings. The molecule has 3 aromatic rings. The summed E-state index contributed by atoms with van der Waals surface area (Å²) in [6, 6.07) is 11.8. The van der Waals surface area contributed by atoms with E-state index in [4.69, 9.17) is 4.74 Å². The van der Waals surface area contributed by atoms with Gasteiger partial charge in [-0.2, -0.15) is 0 Å². The number of nitrogens with zero attached hydrogens (tertiary/aromatic N) is 3. The Morgan fingerprint density at radius 3 is 2.86 bits per heavy atom. The molecule has 0 amide bonds. The molecule has 114 valence electrons. The average molecular weight is 297 g/mol. The molecule has 5 nitrogen and oxygen atoms in total. The van der Waals surface area contributed by atoms with E-state index in [1.807, 2.05) is 47.2 Å².